The molecule has 3 heterocycles. The first-order chi connectivity index (χ1) is 17.6. The van der Waals surface area contributed by atoms with Crippen molar-refractivity contribution in [2.45, 2.75) is 20.8 Å². The van der Waals surface area contributed by atoms with Crippen LogP contribution in [0.4, 0.5) is 17.1 Å². The number of para-hydroxylation sites is 2. The van der Waals surface area contributed by atoms with Crippen LogP contribution in [0.3, 0.4) is 0 Å². The minimum absolute atomic E-state index is 0.201. The summed E-state index contributed by atoms with van der Waals surface area (Å²) in [6.07, 6.45) is 0. The maximum Gasteiger partial charge on any atom is 0.252 e. The standard InChI is InChI=1S/C33H25BN2/c1-20-13-14-28-24(15-20)25-16-21(2)17-27-33(25)36(28)31-19-22(3)18-30-32(31)34(27)26-11-7-8-12-29(26)35(30)23-9-5-4-6-10-23/h4-19H,1-3H3. The van der Waals surface area contributed by atoms with Crippen LogP contribution in [0.25, 0.3) is 27.5 Å². The van der Waals surface area contributed by atoms with Gasteiger partial charge in [0.1, 0.15) is 0 Å². The predicted molar refractivity (Wildman–Crippen MR) is 154 cm³/mol. The maximum atomic E-state index is 2.54. The van der Waals surface area contributed by atoms with Gasteiger partial charge in [0.15, 0.2) is 0 Å². The summed E-state index contributed by atoms with van der Waals surface area (Å²) in [6.45, 7) is 6.87. The van der Waals surface area contributed by atoms with Crippen molar-refractivity contribution < 1.29 is 0 Å². The first kappa shape index (κ1) is 20.0. The Morgan fingerprint density at radius 3 is 2.14 bits per heavy atom. The lowest BCUT2D eigenvalue weighted by Gasteiger charge is -2.40. The van der Waals surface area contributed by atoms with Gasteiger partial charge in [-0.1, -0.05) is 59.7 Å². The zero-order valence-corrected chi connectivity index (χ0v) is 20.7. The van der Waals surface area contributed by atoms with E-state index in [1.54, 1.807) is 0 Å². The van der Waals surface area contributed by atoms with Crippen LogP contribution >= 0.6 is 0 Å². The van der Waals surface area contributed by atoms with Gasteiger partial charge in [-0.05, 0) is 91.3 Å². The molecule has 0 atom stereocenters. The smallest absolute Gasteiger partial charge is 0.252 e. The van der Waals surface area contributed by atoms with Crippen LogP contribution in [-0.4, -0.2) is 11.3 Å². The summed E-state index contributed by atoms with van der Waals surface area (Å²) < 4.78 is 2.54. The predicted octanol–water partition coefficient (Wildman–Crippen LogP) is 6.32. The van der Waals surface area contributed by atoms with Crippen LogP contribution in [0.1, 0.15) is 16.7 Å². The molecule has 0 fully saturated rings. The molecule has 0 N–H and O–H groups in total. The van der Waals surface area contributed by atoms with E-state index in [4.69, 9.17) is 0 Å². The van der Waals surface area contributed by atoms with E-state index in [0.29, 0.717) is 0 Å². The highest BCUT2D eigenvalue weighted by Crippen LogP contribution is 2.41. The van der Waals surface area contributed by atoms with Gasteiger partial charge >= 0.3 is 0 Å². The number of hydrogen-bond donors (Lipinski definition) is 0. The fourth-order valence-corrected chi connectivity index (χ4v) is 6.74. The van der Waals surface area contributed by atoms with E-state index in [1.807, 2.05) is 0 Å². The third-order valence-electron chi connectivity index (χ3n) is 8.06. The topological polar surface area (TPSA) is 8.17 Å². The van der Waals surface area contributed by atoms with Crippen LogP contribution in [0.2, 0.25) is 0 Å². The molecule has 2 aliphatic heterocycles. The lowest BCUT2D eigenvalue weighted by molar-refractivity contribution is 1.16. The Labute approximate surface area is 211 Å². The molecule has 36 heavy (non-hydrogen) atoms. The Morgan fingerprint density at radius 2 is 1.28 bits per heavy atom. The molecular weight excluding hydrogens is 435 g/mol. The quantitative estimate of drug-likeness (QED) is 0.260. The Bertz CT molecular complexity index is 1880. The van der Waals surface area contributed by atoms with Crippen molar-refractivity contribution in [3.63, 3.8) is 0 Å². The minimum atomic E-state index is 0.201. The van der Waals surface area contributed by atoms with Crippen molar-refractivity contribution in [3.05, 3.63) is 114 Å². The highest BCUT2D eigenvalue weighted by molar-refractivity contribution is 7.00. The molecule has 0 saturated heterocycles. The van der Waals surface area contributed by atoms with Crippen LogP contribution in [0.15, 0.2) is 97.1 Å². The molecule has 1 aromatic heterocycles. The number of benzene rings is 5. The molecule has 0 unspecified atom stereocenters. The molecular formula is C33H25BN2. The molecule has 0 amide bonds. The molecule has 2 nitrogen and oxygen atoms in total. The van der Waals surface area contributed by atoms with E-state index < -0.39 is 0 Å². The van der Waals surface area contributed by atoms with E-state index in [9.17, 15) is 0 Å². The molecule has 2 aliphatic rings. The van der Waals surface area contributed by atoms with Crippen molar-refractivity contribution >= 4 is 62.0 Å². The van der Waals surface area contributed by atoms with E-state index >= 15 is 0 Å². The first-order valence-corrected chi connectivity index (χ1v) is 12.7. The highest BCUT2D eigenvalue weighted by atomic mass is 15.2. The Hall–Kier alpha value is -4.24. The van der Waals surface area contributed by atoms with Crippen LogP contribution in [0.5, 0.6) is 0 Å². The zero-order chi connectivity index (χ0) is 24.1. The molecule has 0 saturated carbocycles. The summed E-state index contributed by atoms with van der Waals surface area (Å²) in [5.41, 5.74) is 15.8. The zero-order valence-electron chi connectivity index (χ0n) is 20.7. The molecule has 0 radical (unpaired) electrons. The maximum absolute atomic E-state index is 2.54. The molecule has 8 rings (SSSR count). The Balaban J connectivity index is 1.60. The lowest BCUT2D eigenvalue weighted by Crippen LogP contribution is -2.60. The van der Waals surface area contributed by atoms with E-state index in [-0.39, 0.29) is 6.71 Å². The van der Waals surface area contributed by atoms with E-state index in [0.717, 1.165) is 0 Å². The monoisotopic (exact) mass is 460 g/mol. The van der Waals surface area contributed by atoms with Crippen molar-refractivity contribution in [3.8, 4) is 5.69 Å². The summed E-state index contributed by atoms with van der Waals surface area (Å²) >= 11 is 0. The summed E-state index contributed by atoms with van der Waals surface area (Å²) in [5.74, 6) is 0. The first-order valence-electron chi connectivity index (χ1n) is 12.7. The number of hydrogen-bond acceptors (Lipinski definition) is 1. The van der Waals surface area contributed by atoms with Gasteiger partial charge in [-0.15, -0.1) is 0 Å². The average Bonchev–Trinajstić information content (AvgIpc) is 3.20. The molecule has 0 spiro atoms. The Kier molecular flexibility index (Phi) is 3.85. The average molecular weight is 460 g/mol. The second-order valence-electron chi connectivity index (χ2n) is 10.5. The molecule has 3 heteroatoms. The third-order valence-corrected chi connectivity index (χ3v) is 8.06. The second-order valence-corrected chi connectivity index (χ2v) is 10.5. The number of rotatable bonds is 1. The largest absolute Gasteiger partial charge is 0.311 e. The van der Waals surface area contributed by atoms with Gasteiger partial charge in [0.25, 0.3) is 6.71 Å². The van der Waals surface area contributed by atoms with Crippen LogP contribution < -0.4 is 21.3 Å². The van der Waals surface area contributed by atoms with Gasteiger partial charge < -0.3 is 9.47 Å². The number of aromatic nitrogens is 1. The Morgan fingerprint density at radius 1 is 0.556 bits per heavy atom. The van der Waals surface area contributed by atoms with Crippen molar-refractivity contribution in [1.29, 1.82) is 0 Å². The number of nitrogens with zero attached hydrogens (tertiary/aromatic N) is 2. The van der Waals surface area contributed by atoms with Gasteiger partial charge in [-0.25, -0.2) is 0 Å². The molecule has 5 aromatic carbocycles. The third kappa shape index (κ3) is 2.47. The van der Waals surface area contributed by atoms with Crippen molar-refractivity contribution in [2.75, 3.05) is 4.90 Å². The number of anilines is 3. The van der Waals surface area contributed by atoms with Crippen LogP contribution in [0, 0.1) is 20.8 Å². The van der Waals surface area contributed by atoms with Gasteiger partial charge in [0, 0.05) is 39.0 Å². The van der Waals surface area contributed by atoms with Gasteiger partial charge in [-0.3, -0.25) is 0 Å². The van der Waals surface area contributed by atoms with E-state index in [2.05, 4.69) is 127 Å². The van der Waals surface area contributed by atoms with Gasteiger partial charge in [0.05, 0.1) is 5.52 Å². The van der Waals surface area contributed by atoms with Crippen molar-refractivity contribution in [2.24, 2.45) is 0 Å². The molecule has 0 bridgehead atoms. The molecule has 6 aromatic rings. The molecule has 0 aliphatic carbocycles. The summed E-state index contributed by atoms with van der Waals surface area (Å²) in [7, 11) is 0. The normalized spacial score (nSPS) is 13.3. The minimum Gasteiger partial charge on any atom is -0.311 e. The molecule has 170 valence electrons. The number of fused-ring (bicyclic) bond motifs is 7. The second kappa shape index (κ2) is 6.92. The summed E-state index contributed by atoms with van der Waals surface area (Å²) in [6, 6.07) is 36.3. The fourth-order valence-electron chi connectivity index (χ4n) is 6.74. The van der Waals surface area contributed by atoms with Gasteiger partial charge in [-0.2, -0.15) is 0 Å². The van der Waals surface area contributed by atoms with Crippen LogP contribution in [-0.2, 0) is 0 Å². The lowest BCUT2D eigenvalue weighted by atomic mass is 9.33. The number of aryl methyl sites for hydroxylation is 3. The fraction of sp³-hybridized carbons (Fsp3) is 0.0909. The van der Waals surface area contributed by atoms with Gasteiger partial charge in [0.2, 0.25) is 0 Å². The van der Waals surface area contributed by atoms with Crippen molar-refractivity contribution in [1.82, 2.24) is 4.57 Å². The highest BCUT2D eigenvalue weighted by Gasteiger charge is 2.41. The SMILES string of the molecule is Cc1cc2c3c(c1)-n1c4ccc(C)cc4c4cc(C)cc(c41)B3c1ccccc1N2c1ccccc1. The summed E-state index contributed by atoms with van der Waals surface area (Å²) in [4.78, 5) is 2.46. The summed E-state index contributed by atoms with van der Waals surface area (Å²) in [5, 5.41) is 2.71. The van der Waals surface area contributed by atoms with E-state index in [1.165, 1.54) is 77.6 Å².